The number of amides is 2. The zero-order valence-electron chi connectivity index (χ0n) is 16.7. The highest BCUT2D eigenvalue weighted by molar-refractivity contribution is 9.10. The molecular weight excluding hydrogens is 475 g/mol. The zero-order chi connectivity index (χ0) is 21.6. The highest BCUT2D eigenvalue weighted by atomic mass is 79.9. The van der Waals surface area contributed by atoms with Gasteiger partial charge in [0.1, 0.15) is 6.04 Å². The molecule has 0 fully saturated rings. The number of halogens is 3. The van der Waals surface area contributed by atoms with Crippen LogP contribution in [0.25, 0.3) is 0 Å². The van der Waals surface area contributed by atoms with E-state index in [4.69, 9.17) is 23.2 Å². The molecule has 156 valence electrons. The van der Waals surface area contributed by atoms with Crippen LogP contribution >= 0.6 is 39.1 Å². The topological polar surface area (TPSA) is 49.4 Å². The van der Waals surface area contributed by atoms with Crippen molar-refractivity contribution in [2.45, 2.75) is 39.8 Å². The smallest absolute Gasteiger partial charge is 0.242 e. The molecule has 2 aromatic rings. The van der Waals surface area contributed by atoms with E-state index in [1.165, 1.54) is 0 Å². The Balaban J connectivity index is 2.27. The van der Waals surface area contributed by atoms with E-state index in [1.807, 2.05) is 38.1 Å². The standard InChI is InChI=1S/C22H25BrCl2N2O2/c1-14(2)12-26-22(29)15(3)27(13-16-6-4-7-17(23)10-16)21(28)11-18-19(24)8-5-9-20(18)25/h4-10,14-15H,11-13H2,1-3H3,(H,26,29)/t15-/m0/s1. The normalized spacial score (nSPS) is 12.0. The highest BCUT2D eigenvalue weighted by Crippen LogP contribution is 2.26. The zero-order valence-corrected chi connectivity index (χ0v) is 19.8. The van der Waals surface area contributed by atoms with E-state index in [1.54, 1.807) is 30.0 Å². The number of nitrogens with one attached hydrogen (secondary N) is 1. The largest absolute Gasteiger partial charge is 0.354 e. The molecule has 0 radical (unpaired) electrons. The molecule has 0 aliphatic heterocycles. The molecule has 1 atom stereocenters. The SMILES string of the molecule is CC(C)CNC(=O)[C@H](C)N(Cc1cccc(Br)c1)C(=O)Cc1c(Cl)cccc1Cl. The second-order valence-corrected chi connectivity index (χ2v) is 9.07. The van der Waals surface area contributed by atoms with E-state index in [9.17, 15) is 9.59 Å². The van der Waals surface area contributed by atoms with Gasteiger partial charge >= 0.3 is 0 Å². The summed E-state index contributed by atoms with van der Waals surface area (Å²) in [6.07, 6.45) is 0.0221. The number of nitrogens with zero attached hydrogens (tertiary/aromatic N) is 1. The summed E-state index contributed by atoms with van der Waals surface area (Å²) < 4.78 is 0.911. The van der Waals surface area contributed by atoms with E-state index in [2.05, 4.69) is 21.2 Å². The third-order valence-corrected chi connectivity index (χ3v) is 5.68. The molecule has 0 unspecified atom stereocenters. The van der Waals surface area contributed by atoms with Crippen molar-refractivity contribution in [2.75, 3.05) is 6.54 Å². The lowest BCUT2D eigenvalue weighted by molar-refractivity contribution is -0.140. The van der Waals surface area contributed by atoms with Crippen molar-refractivity contribution in [1.29, 1.82) is 0 Å². The van der Waals surface area contributed by atoms with Crippen LogP contribution in [0.1, 0.15) is 31.9 Å². The summed E-state index contributed by atoms with van der Waals surface area (Å²) in [7, 11) is 0. The lowest BCUT2D eigenvalue weighted by Gasteiger charge is -2.29. The average Bonchev–Trinajstić information content (AvgIpc) is 2.66. The summed E-state index contributed by atoms with van der Waals surface area (Å²) in [6, 6.07) is 12.2. The number of carbonyl (C=O) groups is 2. The van der Waals surface area contributed by atoms with Gasteiger partial charge in [-0.1, -0.05) is 71.2 Å². The molecule has 4 nitrogen and oxygen atoms in total. The van der Waals surface area contributed by atoms with E-state index in [-0.39, 0.29) is 18.2 Å². The number of benzene rings is 2. The summed E-state index contributed by atoms with van der Waals surface area (Å²) in [5.74, 6) is -0.0817. The molecule has 2 amide bonds. The maximum Gasteiger partial charge on any atom is 0.242 e. The van der Waals surface area contributed by atoms with Crippen molar-refractivity contribution in [1.82, 2.24) is 10.2 Å². The van der Waals surface area contributed by atoms with E-state index >= 15 is 0 Å². The fourth-order valence-corrected chi connectivity index (χ4v) is 3.80. The average molecular weight is 500 g/mol. The van der Waals surface area contributed by atoms with Crippen LogP contribution < -0.4 is 5.32 Å². The van der Waals surface area contributed by atoms with Crippen molar-refractivity contribution >= 4 is 50.9 Å². The van der Waals surface area contributed by atoms with Crippen molar-refractivity contribution in [3.8, 4) is 0 Å². The molecule has 0 heterocycles. The Bertz CT molecular complexity index is 853. The first kappa shape index (κ1) is 23.7. The quantitative estimate of drug-likeness (QED) is 0.522. The van der Waals surface area contributed by atoms with Crippen LogP contribution in [0.4, 0.5) is 0 Å². The molecule has 0 aliphatic rings. The van der Waals surface area contributed by atoms with Crippen LogP contribution in [0.5, 0.6) is 0 Å². The second kappa shape index (κ2) is 11.0. The molecule has 1 N–H and O–H groups in total. The minimum Gasteiger partial charge on any atom is -0.354 e. The molecule has 0 bridgehead atoms. The second-order valence-electron chi connectivity index (χ2n) is 7.34. The van der Waals surface area contributed by atoms with Gasteiger partial charge in [0.05, 0.1) is 6.42 Å². The van der Waals surface area contributed by atoms with Gasteiger partial charge in [-0.3, -0.25) is 9.59 Å². The van der Waals surface area contributed by atoms with Gasteiger partial charge in [-0.25, -0.2) is 0 Å². The molecule has 0 spiro atoms. The third kappa shape index (κ3) is 7.02. The van der Waals surface area contributed by atoms with Gasteiger partial charge in [0, 0.05) is 27.6 Å². The molecule has 0 aliphatic carbocycles. The Morgan fingerprint density at radius 2 is 1.69 bits per heavy atom. The van der Waals surface area contributed by atoms with E-state index in [0.717, 1.165) is 10.0 Å². The van der Waals surface area contributed by atoms with Gasteiger partial charge in [0.2, 0.25) is 11.8 Å². The number of hydrogen-bond donors (Lipinski definition) is 1. The maximum absolute atomic E-state index is 13.2. The Hall–Kier alpha value is -1.56. The monoisotopic (exact) mass is 498 g/mol. The fraction of sp³-hybridized carbons (Fsp3) is 0.364. The van der Waals surface area contributed by atoms with Gasteiger partial charge in [-0.2, -0.15) is 0 Å². The van der Waals surface area contributed by atoms with Gasteiger partial charge in [0.25, 0.3) is 0 Å². The first-order valence-electron chi connectivity index (χ1n) is 9.43. The Morgan fingerprint density at radius 1 is 1.07 bits per heavy atom. The molecule has 2 aromatic carbocycles. The van der Waals surface area contributed by atoms with E-state index < -0.39 is 6.04 Å². The summed E-state index contributed by atoms with van der Waals surface area (Å²) in [6.45, 7) is 6.64. The molecular formula is C22H25BrCl2N2O2. The molecule has 7 heteroatoms. The van der Waals surface area contributed by atoms with Gasteiger partial charge in [-0.05, 0) is 48.2 Å². The number of hydrogen-bond acceptors (Lipinski definition) is 2. The van der Waals surface area contributed by atoms with Gasteiger partial charge in [0.15, 0.2) is 0 Å². The van der Waals surface area contributed by atoms with Crippen LogP contribution in [-0.4, -0.2) is 29.3 Å². The van der Waals surface area contributed by atoms with Crippen molar-refractivity contribution in [3.05, 3.63) is 68.1 Å². The van der Waals surface area contributed by atoms with Crippen LogP contribution in [-0.2, 0) is 22.6 Å². The summed E-state index contributed by atoms with van der Waals surface area (Å²) in [5.41, 5.74) is 1.48. The van der Waals surface area contributed by atoms with Crippen molar-refractivity contribution < 1.29 is 9.59 Å². The first-order valence-corrected chi connectivity index (χ1v) is 11.0. The first-order chi connectivity index (χ1) is 13.7. The number of carbonyl (C=O) groups excluding carboxylic acids is 2. The van der Waals surface area contributed by atoms with Crippen LogP contribution in [0.2, 0.25) is 10.0 Å². The Morgan fingerprint density at radius 3 is 2.28 bits per heavy atom. The third-order valence-electron chi connectivity index (χ3n) is 4.48. The molecule has 0 saturated heterocycles. The summed E-state index contributed by atoms with van der Waals surface area (Å²) in [5, 5.41) is 3.78. The minimum atomic E-state index is -0.638. The predicted molar refractivity (Wildman–Crippen MR) is 122 cm³/mol. The van der Waals surface area contributed by atoms with Gasteiger partial charge < -0.3 is 10.2 Å². The number of rotatable bonds is 8. The minimum absolute atomic E-state index is 0.0221. The summed E-state index contributed by atoms with van der Waals surface area (Å²) in [4.78, 5) is 27.4. The molecule has 0 saturated carbocycles. The van der Waals surface area contributed by atoms with Gasteiger partial charge in [-0.15, -0.1) is 0 Å². The van der Waals surface area contributed by atoms with Crippen molar-refractivity contribution in [3.63, 3.8) is 0 Å². The van der Waals surface area contributed by atoms with E-state index in [0.29, 0.717) is 34.6 Å². The molecule has 0 aromatic heterocycles. The lowest BCUT2D eigenvalue weighted by Crippen LogP contribution is -2.48. The van der Waals surface area contributed by atoms with Crippen LogP contribution in [0.15, 0.2) is 46.9 Å². The maximum atomic E-state index is 13.2. The molecule has 2 rings (SSSR count). The fourth-order valence-electron chi connectivity index (χ4n) is 2.82. The van der Waals surface area contributed by atoms with Crippen LogP contribution in [0, 0.1) is 5.92 Å². The van der Waals surface area contributed by atoms with Crippen LogP contribution in [0.3, 0.4) is 0 Å². The van der Waals surface area contributed by atoms with Crippen molar-refractivity contribution in [2.24, 2.45) is 5.92 Å². The highest BCUT2D eigenvalue weighted by Gasteiger charge is 2.27. The predicted octanol–water partition coefficient (Wildman–Crippen LogP) is 5.49. The Labute approximate surface area is 190 Å². The Kier molecular flexibility index (Phi) is 9.00. The molecule has 29 heavy (non-hydrogen) atoms. The lowest BCUT2D eigenvalue weighted by atomic mass is 10.1. The summed E-state index contributed by atoms with van der Waals surface area (Å²) >= 11 is 15.9.